The quantitative estimate of drug-likeness (QED) is 0.0373. The number of aliphatic hydroxyl groups is 1. The molecule has 1 N–H and O–H groups in total. The molecule has 0 radical (unpaired) electrons. The van der Waals surface area contributed by atoms with Crippen molar-refractivity contribution in [1.29, 1.82) is 0 Å². The molecule has 0 saturated heterocycles. The van der Waals surface area contributed by atoms with Gasteiger partial charge in [0.2, 0.25) is 0 Å². The third-order valence-corrected chi connectivity index (χ3v) is 16.2. The lowest BCUT2D eigenvalue weighted by atomic mass is 10.0. The van der Waals surface area contributed by atoms with Crippen LogP contribution in [0.4, 0.5) is 0 Å². The summed E-state index contributed by atoms with van der Waals surface area (Å²) in [7, 11) is 0. The van der Waals surface area contributed by atoms with E-state index < -0.39 is 6.10 Å². The molecule has 0 rings (SSSR count). The minimum atomic E-state index is -0.783. The Balaban J connectivity index is 3.49. The largest absolute Gasteiger partial charge is 0.462 e. The van der Waals surface area contributed by atoms with E-state index in [1.807, 2.05) is 0 Å². The van der Waals surface area contributed by atoms with E-state index in [1.54, 1.807) is 0 Å². The number of aliphatic hydroxyl groups excluding tert-OH is 1. The Morgan fingerprint density at radius 1 is 0.279 bits per heavy atom. The lowest BCUT2D eigenvalue weighted by Crippen LogP contribution is -2.28. The minimum absolute atomic E-state index is 0.0705. The molecule has 5 nitrogen and oxygen atoms in total. The van der Waals surface area contributed by atoms with Crippen molar-refractivity contribution in [3.63, 3.8) is 0 Å². The lowest BCUT2D eigenvalue weighted by molar-refractivity contribution is -0.161. The topological polar surface area (TPSA) is 72.8 Å². The SMILES string of the molecule is CC/C=C\C/C=C\C/C=C\C/C=C\C/C=C\C/C=C\C/C=C\C/C=C\C/C=C\CCCCCCCCCCCC(=O)OC(CO)COC(=O)CCCCCCCCCCCCCCCCCCCCCCCCC/C=C\CCCCCCCCCC. The average molecular weight is 1190 g/mol. The Morgan fingerprint density at radius 3 is 0.767 bits per heavy atom. The predicted molar refractivity (Wildman–Crippen MR) is 380 cm³/mol. The molecule has 0 aliphatic carbocycles. The highest BCUT2D eigenvalue weighted by Gasteiger charge is 2.16. The third kappa shape index (κ3) is 72.8. The first-order chi connectivity index (χ1) is 42.6. The van der Waals surface area contributed by atoms with Gasteiger partial charge in [-0.05, 0) is 109 Å². The molecule has 0 aromatic carbocycles. The predicted octanol–water partition coefficient (Wildman–Crippen LogP) is 26.1. The summed E-state index contributed by atoms with van der Waals surface area (Å²) in [4.78, 5) is 24.7. The van der Waals surface area contributed by atoms with Crippen LogP contribution in [0.25, 0.3) is 0 Å². The molecule has 494 valence electrons. The Labute approximate surface area is 534 Å². The molecule has 0 heterocycles. The first-order valence-electron chi connectivity index (χ1n) is 37.1. The van der Waals surface area contributed by atoms with Crippen molar-refractivity contribution < 1.29 is 24.2 Å². The number of esters is 2. The molecular weight excluding hydrogens is 1050 g/mol. The van der Waals surface area contributed by atoms with E-state index in [4.69, 9.17) is 9.47 Å². The van der Waals surface area contributed by atoms with Gasteiger partial charge in [-0.3, -0.25) is 9.59 Å². The van der Waals surface area contributed by atoms with Crippen LogP contribution in [0.15, 0.2) is 122 Å². The smallest absolute Gasteiger partial charge is 0.306 e. The highest BCUT2D eigenvalue weighted by Crippen LogP contribution is 2.18. The zero-order valence-electron chi connectivity index (χ0n) is 56.8. The zero-order valence-corrected chi connectivity index (χ0v) is 56.8. The highest BCUT2D eigenvalue weighted by molar-refractivity contribution is 5.70. The van der Waals surface area contributed by atoms with E-state index in [0.29, 0.717) is 12.8 Å². The van der Waals surface area contributed by atoms with Crippen LogP contribution in [-0.4, -0.2) is 36.4 Å². The molecule has 0 fully saturated rings. The molecule has 0 amide bonds. The van der Waals surface area contributed by atoms with Crippen molar-refractivity contribution in [2.24, 2.45) is 0 Å². The second-order valence-electron chi connectivity index (χ2n) is 24.6. The average Bonchev–Trinajstić information content (AvgIpc) is 3.53. The summed E-state index contributed by atoms with van der Waals surface area (Å²) in [5, 5.41) is 9.71. The van der Waals surface area contributed by atoms with Gasteiger partial charge in [0.1, 0.15) is 6.61 Å². The molecule has 86 heavy (non-hydrogen) atoms. The van der Waals surface area contributed by atoms with Crippen LogP contribution in [-0.2, 0) is 19.1 Å². The molecule has 0 aliphatic rings. The summed E-state index contributed by atoms with van der Waals surface area (Å²) in [5.41, 5.74) is 0. The van der Waals surface area contributed by atoms with Gasteiger partial charge in [-0.25, -0.2) is 0 Å². The monoisotopic (exact) mass is 1190 g/mol. The summed E-state index contributed by atoms with van der Waals surface area (Å²) < 4.78 is 10.8. The molecule has 0 saturated carbocycles. The van der Waals surface area contributed by atoms with Crippen molar-refractivity contribution in [2.45, 2.75) is 367 Å². The van der Waals surface area contributed by atoms with Gasteiger partial charge in [-0.15, -0.1) is 0 Å². The van der Waals surface area contributed by atoms with Crippen LogP contribution in [0.3, 0.4) is 0 Å². The first-order valence-corrected chi connectivity index (χ1v) is 37.1. The third-order valence-electron chi connectivity index (χ3n) is 16.2. The Kier molecular flexibility index (Phi) is 72.3. The number of carbonyl (C=O) groups excluding carboxylic acids is 2. The number of ether oxygens (including phenoxy) is 2. The number of hydrogen-bond acceptors (Lipinski definition) is 5. The van der Waals surface area contributed by atoms with E-state index in [2.05, 4.69) is 135 Å². The molecule has 5 heteroatoms. The normalized spacial score (nSPS) is 12.9. The minimum Gasteiger partial charge on any atom is -0.462 e. The molecule has 0 aromatic heterocycles. The molecule has 0 aromatic rings. The summed E-state index contributed by atoms with van der Waals surface area (Å²) in [6.07, 6.45) is 111. The Morgan fingerprint density at radius 2 is 0.500 bits per heavy atom. The first kappa shape index (κ1) is 82.3. The fourth-order valence-electron chi connectivity index (χ4n) is 10.7. The maximum atomic E-state index is 12.4. The van der Waals surface area contributed by atoms with Crippen LogP contribution in [0.2, 0.25) is 0 Å². The maximum Gasteiger partial charge on any atom is 0.306 e. The second-order valence-corrected chi connectivity index (χ2v) is 24.6. The number of unbranched alkanes of at least 4 members (excludes halogenated alkanes) is 40. The van der Waals surface area contributed by atoms with Crippen molar-refractivity contribution >= 4 is 11.9 Å². The van der Waals surface area contributed by atoms with E-state index in [0.717, 1.165) is 103 Å². The second kappa shape index (κ2) is 75.5. The fourth-order valence-corrected chi connectivity index (χ4v) is 10.7. The van der Waals surface area contributed by atoms with Gasteiger partial charge in [0.25, 0.3) is 0 Å². The van der Waals surface area contributed by atoms with Crippen molar-refractivity contribution in [3.05, 3.63) is 122 Å². The summed E-state index contributed by atoms with van der Waals surface area (Å²) in [6, 6.07) is 0. The molecule has 0 aliphatic heterocycles. The molecular formula is C81H140O5. The van der Waals surface area contributed by atoms with Crippen LogP contribution in [0.5, 0.6) is 0 Å². The van der Waals surface area contributed by atoms with Crippen LogP contribution in [0, 0.1) is 0 Å². The summed E-state index contributed by atoms with van der Waals surface area (Å²) in [5.74, 6) is -0.589. The summed E-state index contributed by atoms with van der Waals surface area (Å²) in [6.45, 7) is 4.06. The Bertz CT molecular complexity index is 1690. The number of rotatable bonds is 68. The maximum absolute atomic E-state index is 12.4. The standard InChI is InChI=1S/C81H140O5/c1-3-5-7-9-11-13-15-17-19-21-23-25-27-29-31-33-35-37-39-40-42-44-46-48-50-52-54-56-58-60-62-64-66-68-70-72-74-76-81(84)86-79(77-82)78-85-80(83)75-73-71-69-67-65-63-61-59-57-55-53-51-49-47-45-43-41-38-36-34-32-30-28-26-24-22-20-18-16-14-12-10-8-6-4-2/h5,7,11,13,17,19,22-25,29,31,35,37,40,42,46,48,52,54,79,82H,3-4,6,8-10,12,14-16,18,20-21,26-28,30,32-34,36,38-39,41,43-45,47,49-51,53,55-78H2,1-2H3/b7-5-,13-11-,19-17-,24-22-,25-23-,31-29-,37-35-,42-40-,48-46-,54-52-. The van der Waals surface area contributed by atoms with E-state index in [9.17, 15) is 14.7 Å². The van der Waals surface area contributed by atoms with Gasteiger partial charge >= 0.3 is 11.9 Å². The summed E-state index contributed by atoms with van der Waals surface area (Å²) >= 11 is 0. The van der Waals surface area contributed by atoms with Gasteiger partial charge in [-0.1, -0.05) is 360 Å². The van der Waals surface area contributed by atoms with Gasteiger partial charge in [0.15, 0.2) is 6.10 Å². The van der Waals surface area contributed by atoms with Crippen molar-refractivity contribution in [3.8, 4) is 0 Å². The van der Waals surface area contributed by atoms with Crippen LogP contribution < -0.4 is 0 Å². The highest BCUT2D eigenvalue weighted by atomic mass is 16.6. The number of hydrogen-bond donors (Lipinski definition) is 1. The molecule has 0 bridgehead atoms. The number of allylic oxidation sites excluding steroid dienone is 20. The van der Waals surface area contributed by atoms with E-state index >= 15 is 0 Å². The molecule has 1 atom stereocenters. The lowest BCUT2D eigenvalue weighted by Gasteiger charge is -2.15. The van der Waals surface area contributed by atoms with E-state index in [1.165, 1.54) is 231 Å². The molecule has 0 spiro atoms. The zero-order chi connectivity index (χ0) is 61.9. The Hall–Kier alpha value is -3.70. The van der Waals surface area contributed by atoms with Gasteiger partial charge in [-0.2, -0.15) is 0 Å². The van der Waals surface area contributed by atoms with Crippen molar-refractivity contribution in [1.82, 2.24) is 0 Å². The molecule has 1 unspecified atom stereocenters. The van der Waals surface area contributed by atoms with Crippen molar-refractivity contribution in [2.75, 3.05) is 13.2 Å². The van der Waals surface area contributed by atoms with E-state index in [-0.39, 0.29) is 25.2 Å². The van der Waals surface area contributed by atoms with Gasteiger partial charge < -0.3 is 14.6 Å². The van der Waals surface area contributed by atoms with Crippen LogP contribution in [0.1, 0.15) is 361 Å². The number of carbonyl (C=O) groups is 2. The van der Waals surface area contributed by atoms with Gasteiger partial charge in [0, 0.05) is 12.8 Å². The van der Waals surface area contributed by atoms with Crippen LogP contribution >= 0.6 is 0 Å². The fraction of sp³-hybridized carbons (Fsp3) is 0.728. The van der Waals surface area contributed by atoms with Gasteiger partial charge in [0.05, 0.1) is 6.61 Å².